The zero-order valence-corrected chi connectivity index (χ0v) is 6.70. The predicted molar refractivity (Wildman–Crippen MR) is 47.4 cm³/mol. The van der Waals surface area contributed by atoms with E-state index in [2.05, 4.69) is 4.98 Å². The van der Waals surface area contributed by atoms with Crippen molar-refractivity contribution in [2.24, 2.45) is 0 Å². The molecule has 1 aromatic heterocycles. The van der Waals surface area contributed by atoms with Gasteiger partial charge < -0.3 is 16.4 Å². The van der Waals surface area contributed by atoms with E-state index in [1.165, 1.54) is 0 Å². The average molecular weight is 152 g/mol. The summed E-state index contributed by atoms with van der Waals surface area (Å²) in [4.78, 5) is 5.92. The van der Waals surface area contributed by atoms with Gasteiger partial charge in [-0.05, 0) is 12.1 Å². The Balaban J connectivity index is 3.05. The third-order valence-electron chi connectivity index (χ3n) is 1.40. The van der Waals surface area contributed by atoms with Gasteiger partial charge in [0.2, 0.25) is 0 Å². The van der Waals surface area contributed by atoms with E-state index < -0.39 is 0 Å². The molecule has 4 heteroatoms. The Morgan fingerprint density at radius 1 is 1.27 bits per heavy atom. The fraction of sp³-hybridized carbons (Fsp3) is 0.286. The molecule has 0 bridgehead atoms. The lowest BCUT2D eigenvalue weighted by Crippen LogP contribution is -2.11. The van der Waals surface area contributed by atoms with Crippen LogP contribution < -0.4 is 16.4 Å². The molecule has 60 valence electrons. The van der Waals surface area contributed by atoms with Gasteiger partial charge in [0.1, 0.15) is 11.6 Å². The van der Waals surface area contributed by atoms with Gasteiger partial charge in [-0.15, -0.1) is 0 Å². The van der Waals surface area contributed by atoms with Crippen molar-refractivity contribution in [3.63, 3.8) is 0 Å². The van der Waals surface area contributed by atoms with Crippen molar-refractivity contribution in [2.75, 3.05) is 30.5 Å². The number of rotatable bonds is 1. The highest BCUT2D eigenvalue weighted by Crippen LogP contribution is 2.15. The smallest absolute Gasteiger partial charge is 0.149 e. The van der Waals surface area contributed by atoms with E-state index in [9.17, 15) is 0 Å². The van der Waals surface area contributed by atoms with Gasteiger partial charge in [0, 0.05) is 14.1 Å². The Hall–Kier alpha value is -1.45. The van der Waals surface area contributed by atoms with E-state index in [1.807, 2.05) is 25.1 Å². The Labute approximate surface area is 65.8 Å². The molecule has 0 aliphatic rings. The van der Waals surface area contributed by atoms with Crippen molar-refractivity contribution in [1.82, 2.24) is 4.98 Å². The van der Waals surface area contributed by atoms with E-state index in [0.29, 0.717) is 11.5 Å². The number of anilines is 3. The SMILES string of the molecule is CN(C)c1ccc(N)c(N)n1. The lowest BCUT2D eigenvalue weighted by Gasteiger charge is -2.11. The van der Waals surface area contributed by atoms with Gasteiger partial charge in [-0.1, -0.05) is 0 Å². The molecule has 0 saturated carbocycles. The third-order valence-corrected chi connectivity index (χ3v) is 1.40. The number of aromatic nitrogens is 1. The molecule has 4 nitrogen and oxygen atoms in total. The summed E-state index contributed by atoms with van der Waals surface area (Å²) < 4.78 is 0. The maximum absolute atomic E-state index is 5.50. The summed E-state index contributed by atoms with van der Waals surface area (Å²) in [6.45, 7) is 0. The molecular weight excluding hydrogens is 140 g/mol. The number of nitrogen functional groups attached to an aromatic ring is 2. The summed E-state index contributed by atoms with van der Waals surface area (Å²) in [6.07, 6.45) is 0. The van der Waals surface area contributed by atoms with Crippen LogP contribution in [0, 0.1) is 0 Å². The average Bonchev–Trinajstić information content (AvgIpc) is 1.94. The third kappa shape index (κ3) is 1.52. The molecule has 0 aliphatic heterocycles. The van der Waals surface area contributed by atoms with Crippen LogP contribution in [0.5, 0.6) is 0 Å². The zero-order chi connectivity index (χ0) is 8.43. The fourth-order valence-corrected chi connectivity index (χ4v) is 0.724. The van der Waals surface area contributed by atoms with E-state index in [0.717, 1.165) is 5.82 Å². The van der Waals surface area contributed by atoms with Crippen LogP contribution >= 0.6 is 0 Å². The molecule has 0 aromatic carbocycles. The Bertz CT molecular complexity index is 257. The fourth-order valence-electron chi connectivity index (χ4n) is 0.724. The standard InChI is InChI=1S/C7H12N4/c1-11(2)6-4-3-5(8)7(9)10-6/h3-4H,8H2,1-2H3,(H2,9,10). The number of pyridine rings is 1. The van der Waals surface area contributed by atoms with Crippen molar-refractivity contribution in [3.8, 4) is 0 Å². The lowest BCUT2D eigenvalue weighted by atomic mass is 10.4. The van der Waals surface area contributed by atoms with Crippen molar-refractivity contribution in [3.05, 3.63) is 12.1 Å². The van der Waals surface area contributed by atoms with E-state index in [4.69, 9.17) is 11.5 Å². The summed E-state index contributed by atoms with van der Waals surface area (Å²) in [5, 5.41) is 0. The summed E-state index contributed by atoms with van der Waals surface area (Å²) in [5.74, 6) is 1.20. The molecule has 0 fully saturated rings. The highest BCUT2D eigenvalue weighted by atomic mass is 15.1. The van der Waals surface area contributed by atoms with Gasteiger partial charge in [-0.2, -0.15) is 0 Å². The maximum atomic E-state index is 5.50. The van der Waals surface area contributed by atoms with Crippen LogP contribution in [-0.2, 0) is 0 Å². The van der Waals surface area contributed by atoms with Gasteiger partial charge in [0.25, 0.3) is 0 Å². The molecule has 1 aromatic rings. The summed E-state index contributed by atoms with van der Waals surface area (Å²) in [5.41, 5.74) is 11.5. The number of nitrogens with two attached hydrogens (primary N) is 2. The minimum Gasteiger partial charge on any atom is -0.396 e. The molecule has 4 N–H and O–H groups in total. The summed E-state index contributed by atoms with van der Waals surface area (Å²) in [6, 6.07) is 3.57. The molecule has 0 spiro atoms. The second-order valence-corrected chi connectivity index (χ2v) is 2.54. The molecule has 11 heavy (non-hydrogen) atoms. The first kappa shape index (κ1) is 7.65. The van der Waals surface area contributed by atoms with Crippen LogP contribution in [0.4, 0.5) is 17.3 Å². The first-order valence-electron chi connectivity index (χ1n) is 3.30. The molecule has 1 heterocycles. The molecule has 0 amide bonds. The normalized spacial score (nSPS) is 9.64. The highest BCUT2D eigenvalue weighted by molar-refractivity contribution is 5.61. The molecule has 0 saturated heterocycles. The van der Waals surface area contributed by atoms with Gasteiger partial charge in [-0.25, -0.2) is 4.98 Å². The van der Waals surface area contributed by atoms with Crippen molar-refractivity contribution < 1.29 is 0 Å². The first-order valence-corrected chi connectivity index (χ1v) is 3.30. The summed E-state index contributed by atoms with van der Waals surface area (Å²) in [7, 11) is 3.80. The van der Waals surface area contributed by atoms with Crippen LogP contribution in [0.15, 0.2) is 12.1 Å². The number of hydrogen-bond donors (Lipinski definition) is 2. The van der Waals surface area contributed by atoms with Gasteiger partial charge in [-0.3, -0.25) is 0 Å². The van der Waals surface area contributed by atoms with Crippen LogP contribution in [0.2, 0.25) is 0 Å². The largest absolute Gasteiger partial charge is 0.396 e. The van der Waals surface area contributed by atoms with Gasteiger partial charge in [0.05, 0.1) is 5.69 Å². The minimum absolute atomic E-state index is 0.385. The quantitative estimate of drug-likeness (QED) is 0.607. The molecule has 0 atom stereocenters. The topological polar surface area (TPSA) is 68.2 Å². The number of hydrogen-bond acceptors (Lipinski definition) is 4. The zero-order valence-electron chi connectivity index (χ0n) is 6.70. The Morgan fingerprint density at radius 2 is 1.91 bits per heavy atom. The van der Waals surface area contributed by atoms with Crippen LogP contribution in [0.1, 0.15) is 0 Å². The Kier molecular flexibility index (Phi) is 1.85. The number of nitrogens with zero attached hydrogens (tertiary/aromatic N) is 2. The maximum Gasteiger partial charge on any atom is 0.149 e. The predicted octanol–water partition coefficient (Wildman–Crippen LogP) is 0.312. The Morgan fingerprint density at radius 3 is 2.36 bits per heavy atom. The van der Waals surface area contributed by atoms with Crippen molar-refractivity contribution in [2.45, 2.75) is 0 Å². The molecular formula is C7H12N4. The van der Waals surface area contributed by atoms with E-state index in [1.54, 1.807) is 6.07 Å². The molecule has 0 radical (unpaired) electrons. The minimum atomic E-state index is 0.385. The summed E-state index contributed by atoms with van der Waals surface area (Å²) >= 11 is 0. The van der Waals surface area contributed by atoms with E-state index >= 15 is 0 Å². The van der Waals surface area contributed by atoms with E-state index in [-0.39, 0.29) is 0 Å². The second-order valence-electron chi connectivity index (χ2n) is 2.54. The van der Waals surface area contributed by atoms with Gasteiger partial charge in [0.15, 0.2) is 0 Å². The highest BCUT2D eigenvalue weighted by Gasteiger charge is 1.99. The molecule has 0 aliphatic carbocycles. The van der Waals surface area contributed by atoms with Crippen LogP contribution in [-0.4, -0.2) is 19.1 Å². The van der Waals surface area contributed by atoms with Gasteiger partial charge >= 0.3 is 0 Å². The van der Waals surface area contributed by atoms with Crippen LogP contribution in [0.25, 0.3) is 0 Å². The monoisotopic (exact) mass is 152 g/mol. The molecule has 0 unspecified atom stereocenters. The molecule has 1 rings (SSSR count). The first-order chi connectivity index (χ1) is 5.11. The van der Waals surface area contributed by atoms with Crippen molar-refractivity contribution >= 4 is 17.3 Å². The second kappa shape index (κ2) is 2.65. The lowest BCUT2D eigenvalue weighted by molar-refractivity contribution is 1.07. The van der Waals surface area contributed by atoms with Crippen molar-refractivity contribution in [1.29, 1.82) is 0 Å². The van der Waals surface area contributed by atoms with Crippen LogP contribution in [0.3, 0.4) is 0 Å².